The molecule has 0 atom stereocenters. The topological polar surface area (TPSA) is 64.0 Å². The normalized spacial score (nSPS) is 10.7. The van der Waals surface area contributed by atoms with Gasteiger partial charge in [0, 0.05) is 12.0 Å². The van der Waals surface area contributed by atoms with Crippen LogP contribution in [-0.4, -0.2) is 21.4 Å². The maximum absolute atomic E-state index is 12.4. The van der Waals surface area contributed by atoms with E-state index in [-0.39, 0.29) is 17.8 Å². The van der Waals surface area contributed by atoms with Gasteiger partial charge in [-0.25, -0.2) is 9.55 Å². The maximum atomic E-state index is 12.4. The first-order valence-corrected chi connectivity index (χ1v) is 7.57. The number of carbonyl (C=O) groups is 2. The maximum Gasteiger partial charge on any atom is 0.257 e. The highest BCUT2D eigenvalue weighted by Gasteiger charge is 2.18. The molecule has 0 spiro atoms. The van der Waals surface area contributed by atoms with Crippen molar-refractivity contribution in [2.45, 2.75) is 19.8 Å². The number of anilines is 1. The van der Waals surface area contributed by atoms with Gasteiger partial charge < -0.3 is 0 Å². The lowest BCUT2D eigenvalue weighted by molar-refractivity contribution is 0.0909. The Morgan fingerprint density at radius 1 is 1.04 bits per heavy atom. The standard InChI is InChI=1S/C18H17N3O2/c1-2-8-16(22)21-15-12-7-6-11-14(15)19-18(21)20-17(23)13-9-4-3-5-10-13/h3-7,9-12H,2,8H2,1H3,(H,19,20,23). The van der Waals surface area contributed by atoms with Crippen molar-refractivity contribution in [3.8, 4) is 0 Å². The monoisotopic (exact) mass is 307 g/mol. The average Bonchev–Trinajstić information content (AvgIpc) is 2.93. The molecule has 0 aliphatic rings. The fourth-order valence-electron chi connectivity index (χ4n) is 2.45. The summed E-state index contributed by atoms with van der Waals surface area (Å²) in [4.78, 5) is 29.2. The predicted molar refractivity (Wildman–Crippen MR) is 89.7 cm³/mol. The zero-order valence-corrected chi connectivity index (χ0v) is 12.8. The molecule has 0 unspecified atom stereocenters. The fraction of sp³-hybridized carbons (Fsp3) is 0.167. The van der Waals surface area contributed by atoms with Gasteiger partial charge in [0.05, 0.1) is 11.0 Å². The van der Waals surface area contributed by atoms with Crippen molar-refractivity contribution in [2.24, 2.45) is 0 Å². The van der Waals surface area contributed by atoms with Crippen LogP contribution in [-0.2, 0) is 0 Å². The van der Waals surface area contributed by atoms with Crippen molar-refractivity contribution in [3.05, 3.63) is 60.2 Å². The van der Waals surface area contributed by atoms with Crippen LogP contribution in [0.4, 0.5) is 5.95 Å². The van der Waals surface area contributed by atoms with Crippen LogP contribution in [0.1, 0.15) is 34.9 Å². The molecule has 0 aliphatic carbocycles. The van der Waals surface area contributed by atoms with E-state index in [2.05, 4.69) is 10.3 Å². The van der Waals surface area contributed by atoms with Crippen LogP contribution in [0.3, 0.4) is 0 Å². The summed E-state index contributed by atoms with van der Waals surface area (Å²) in [5, 5.41) is 2.75. The van der Waals surface area contributed by atoms with Crippen molar-refractivity contribution < 1.29 is 9.59 Å². The smallest absolute Gasteiger partial charge is 0.257 e. The van der Waals surface area contributed by atoms with Crippen molar-refractivity contribution in [1.29, 1.82) is 0 Å². The molecule has 23 heavy (non-hydrogen) atoms. The summed E-state index contributed by atoms with van der Waals surface area (Å²) in [5.41, 5.74) is 1.91. The summed E-state index contributed by atoms with van der Waals surface area (Å²) in [6, 6.07) is 16.2. The van der Waals surface area contributed by atoms with Crippen LogP contribution in [0.5, 0.6) is 0 Å². The molecule has 1 aromatic heterocycles. The van der Waals surface area contributed by atoms with Crippen molar-refractivity contribution >= 4 is 28.8 Å². The van der Waals surface area contributed by atoms with Crippen LogP contribution in [0.15, 0.2) is 54.6 Å². The molecule has 1 N–H and O–H groups in total. The van der Waals surface area contributed by atoms with E-state index in [0.29, 0.717) is 23.0 Å². The van der Waals surface area contributed by atoms with Gasteiger partial charge in [-0.05, 0) is 30.7 Å². The first-order valence-electron chi connectivity index (χ1n) is 7.57. The number of benzene rings is 2. The van der Waals surface area contributed by atoms with Crippen LogP contribution < -0.4 is 5.32 Å². The van der Waals surface area contributed by atoms with Crippen molar-refractivity contribution in [3.63, 3.8) is 0 Å². The second kappa shape index (κ2) is 6.44. The van der Waals surface area contributed by atoms with Crippen LogP contribution in [0, 0.1) is 0 Å². The minimum absolute atomic E-state index is 0.0791. The highest BCUT2D eigenvalue weighted by molar-refractivity contribution is 6.05. The van der Waals surface area contributed by atoms with Gasteiger partial charge in [0.25, 0.3) is 5.91 Å². The summed E-state index contributed by atoms with van der Waals surface area (Å²) in [6.45, 7) is 1.94. The summed E-state index contributed by atoms with van der Waals surface area (Å²) in [6.07, 6.45) is 1.13. The molecule has 0 bridgehead atoms. The lowest BCUT2D eigenvalue weighted by Gasteiger charge is -2.08. The SMILES string of the molecule is CCCC(=O)n1c(NC(=O)c2ccccc2)nc2ccccc21. The second-order valence-electron chi connectivity index (χ2n) is 5.22. The van der Waals surface area contributed by atoms with E-state index in [1.54, 1.807) is 24.3 Å². The molecule has 116 valence electrons. The summed E-state index contributed by atoms with van der Waals surface area (Å²) >= 11 is 0. The number of aromatic nitrogens is 2. The summed E-state index contributed by atoms with van der Waals surface area (Å²) in [5.74, 6) is -0.102. The first kappa shape index (κ1) is 15.0. The fourth-order valence-corrected chi connectivity index (χ4v) is 2.45. The summed E-state index contributed by atoms with van der Waals surface area (Å²) < 4.78 is 1.49. The largest absolute Gasteiger partial charge is 0.291 e. The van der Waals surface area contributed by atoms with Gasteiger partial charge in [-0.1, -0.05) is 37.3 Å². The number of carbonyl (C=O) groups excluding carboxylic acids is 2. The number of amides is 1. The molecule has 3 rings (SSSR count). The van der Waals surface area contributed by atoms with Gasteiger partial charge in [-0.15, -0.1) is 0 Å². The minimum Gasteiger partial charge on any atom is -0.291 e. The number of para-hydroxylation sites is 2. The van der Waals surface area contributed by atoms with E-state index in [9.17, 15) is 9.59 Å². The van der Waals surface area contributed by atoms with E-state index < -0.39 is 0 Å². The molecule has 0 saturated carbocycles. The van der Waals surface area contributed by atoms with Crippen LogP contribution in [0.25, 0.3) is 11.0 Å². The average molecular weight is 307 g/mol. The Morgan fingerprint density at radius 2 is 1.74 bits per heavy atom. The van der Waals surface area contributed by atoms with Crippen LogP contribution >= 0.6 is 0 Å². The molecule has 0 saturated heterocycles. The van der Waals surface area contributed by atoms with Gasteiger partial charge in [0.2, 0.25) is 11.9 Å². The third-order valence-electron chi connectivity index (χ3n) is 3.54. The van der Waals surface area contributed by atoms with Gasteiger partial charge in [0.1, 0.15) is 0 Å². The molecule has 0 fully saturated rings. The molecule has 5 heteroatoms. The quantitative estimate of drug-likeness (QED) is 0.798. The number of imidazole rings is 1. The molecule has 1 heterocycles. The van der Waals surface area contributed by atoms with Crippen molar-refractivity contribution in [1.82, 2.24) is 9.55 Å². The number of hydrogen-bond donors (Lipinski definition) is 1. The number of rotatable bonds is 4. The van der Waals surface area contributed by atoms with Gasteiger partial charge in [0.15, 0.2) is 0 Å². The van der Waals surface area contributed by atoms with E-state index in [0.717, 1.165) is 6.42 Å². The highest BCUT2D eigenvalue weighted by atomic mass is 16.2. The molecular weight excluding hydrogens is 290 g/mol. The van der Waals surface area contributed by atoms with E-state index >= 15 is 0 Å². The Bertz CT molecular complexity index is 853. The highest BCUT2D eigenvalue weighted by Crippen LogP contribution is 2.21. The molecular formula is C18H17N3O2. The minimum atomic E-state index is -0.286. The number of nitrogens with zero attached hydrogens (tertiary/aromatic N) is 2. The van der Waals surface area contributed by atoms with Gasteiger partial charge in [-0.2, -0.15) is 0 Å². The zero-order chi connectivity index (χ0) is 16.2. The predicted octanol–water partition coefficient (Wildman–Crippen LogP) is 3.73. The second-order valence-corrected chi connectivity index (χ2v) is 5.22. The summed E-state index contributed by atoms with van der Waals surface area (Å²) in [7, 11) is 0. The van der Waals surface area contributed by atoms with Gasteiger partial charge in [-0.3, -0.25) is 14.9 Å². The van der Waals surface area contributed by atoms with Crippen molar-refractivity contribution in [2.75, 3.05) is 5.32 Å². The lowest BCUT2D eigenvalue weighted by Crippen LogP contribution is -2.19. The first-order chi connectivity index (χ1) is 11.2. The van der Waals surface area contributed by atoms with E-state index in [1.165, 1.54) is 4.57 Å². The molecule has 3 aromatic rings. The number of nitrogens with one attached hydrogen (secondary N) is 1. The molecule has 2 aromatic carbocycles. The molecule has 0 radical (unpaired) electrons. The Morgan fingerprint density at radius 3 is 2.48 bits per heavy atom. The Hall–Kier alpha value is -2.95. The lowest BCUT2D eigenvalue weighted by atomic mass is 10.2. The molecule has 1 amide bonds. The Kier molecular flexibility index (Phi) is 4.19. The third-order valence-corrected chi connectivity index (χ3v) is 3.54. The van der Waals surface area contributed by atoms with E-state index in [4.69, 9.17) is 0 Å². The molecule has 5 nitrogen and oxygen atoms in total. The van der Waals surface area contributed by atoms with Gasteiger partial charge >= 0.3 is 0 Å². The Balaban J connectivity index is 2.01. The molecule has 0 aliphatic heterocycles. The van der Waals surface area contributed by atoms with E-state index in [1.807, 2.05) is 37.3 Å². The number of hydrogen-bond acceptors (Lipinski definition) is 3. The van der Waals surface area contributed by atoms with Crippen LogP contribution in [0.2, 0.25) is 0 Å². The zero-order valence-electron chi connectivity index (χ0n) is 12.8. The Labute approximate surface area is 134 Å². The number of fused-ring (bicyclic) bond motifs is 1. The third kappa shape index (κ3) is 2.99.